The molecule has 0 radical (unpaired) electrons. The summed E-state index contributed by atoms with van der Waals surface area (Å²) < 4.78 is 5.61. The summed E-state index contributed by atoms with van der Waals surface area (Å²) in [6.07, 6.45) is 0.633. The maximum atomic E-state index is 11.0. The summed E-state index contributed by atoms with van der Waals surface area (Å²) in [5.41, 5.74) is 1.84. The lowest BCUT2D eigenvalue weighted by Crippen LogP contribution is -2.05. The first-order chi connectivity index (χ1) is 9.58. The summed E-state index contributed by atoms with van der Waals surface area (Å²) in [6, 6.07) is 12.8. The van der Waals surface area contributed by atoms with Crippen LogP contribution in [0.1, 0.15) is 21.5 Å². The number of ether oxygens (including phenoxy) is 1. The van der Waals surface area contributed by atoms with Crippen LogP contribution in [0.15, 0.2) is 42.5 Å². The zero-order valence-corrected chi connectivity index (χ0v) is 11.9. The van der Waals surface area contributed by atoms with E-state index in [9.17, 15) is 4.79 Å². The zero-order chi connectivity index (χ0) is 14.5. The van der Waals surface area contributed by atoms with Crippen LogP contribution >= 0.6 is 11.6 Å². The van der Waals surface area contributed by atoms with E-state index in [1.165, 1.54) is 6.07 Å². The van der Waals surface area contributed by atoms with Gasteiger partial charge in [0.25, 0.3) is 0 Å². The molecule has 0 aliphatic carbocycles. The molecule has 3 nitrogen and oxygen atoms in total. The minimum Gasteiger partial charge on any atom is -0.493 e. The second kappa shape index (κ2) is 6.44. The van der Waals surface area contributed by atoms with Crippen molar-refractivity contribution in [2.75, 3.05) is 6.61 Å². The Morgan fingerprint density at radius 1 is 1.25 bits per heavy atom. The SMILES string of the molecule is Cc1cc(CCOc2ccccc2)c(Cl)cc1C(=O)O. The van der Waals surface area contributed by atoms with E-state index in [-0.39, 0.29) is 5.56 Å². The van der Waals surface area contributed by atoms with Crippen molar-refractivity contribution in [3.8, 4) is 5.75 Å². The van der Waals surface area contributed by atoms with Crippen molar-refractivity contribution in [3.05, 3.63) is 64.2 Å². The minimum atomic E-state index is -0.962. The Hall–Kier alpha value is -2.00. The Morgan fingerprint density at radius 2 is 1.95 bits per heavy atom. The van der Waals surface area contributed by atoms with Gasteiger partial charge in [0.2, 0.25) is 0 Å². The summed E-state index contributed by atoms with van der Waals surface area (Å²) in [5, 5.41) is 9.49. The van der Waals surface area contributed by atoms with Gasteiger partial charge >= 0.3 is 5.97 Å². The predicted octanol–water partition coefficient (Wildman–Crippen LogP) is 3.97. The molecule has 104 valence electrons. The van der Waals surface area contributed by atoms with Crippen molar-refractivity contribution < 1.29 is 14.6 Å². The van der Waals surface area contributed by atoms with Crippen molar-refractivity contribution >= 4 is 17.6 Å². The van der Waals surface area contributed by atoms with Gasteiger partial charge in [-0.05, 0) is 36.2 Å². The van der Waals surface area contributed by atoms with Crippen LogP contribution in [0.4, 0.5) is 0 Å². The van der Waals surface area contributed by atoms with Crippen LogP contribution in [0.2, 0.25) is 5.02 Å². The highest BCUT2D eigenvalue weighted by atomic mass is 35.5. The van der Waals surface area contributed by atoms with Gasteiger partial charge in [0, 0.05) is 11.4 Å². The van der Waals surface area contributed by atoms with Crippen LogP contribution in [0.5, 0.6) is 5.75 Å². The third kappa shape index (κ3) is 3.52. The van der Waals surface area contributed by atoms with Crippen molar-refractivity contribution in [1.29, 1.82) is 0 Å². The normalized spacial score (nSPS) is 10.3. The molecule has 2 aromatic rings. The molecule has 0 aliphatic rings. The lowest BCUT2D eigenvalue weighted by Gasteiger charge is -2.10. The minimum absolute atomic E-state index is 0.239. The monoisotopic (exact) mass is 290 g/mol. The van der Waals surface area contributed by atoms with E-state index < -0.39 is 5.97 Å². The highest BCUT2D eigenvalue weighted by Gasteiger charge is 2.11. The van der Waals surface area contributed by atoms with Gasteiger partial charge < -0.3 is 9.84 Å². The summed E-state index contributed by atoms with van der Waals surface area (Å²) in [6.45, 7) is 2.26. The smallest absolute Gasteiger partial charge is 0.336 e. The van der Waals surface area contributed by atoms with Crippen molar-refractivity contribution in [3.63, 3.8) is 0 Å². The third-order valence-electron chi connectivity index (χ3n) is 3.01. The molecule has 0 aromatic heterocycles. The van der Waals surface area contributed by atoms with Crippen LogP contribution in [-0.4, -0.2) is 17.7 Å². The van der Waals surface area contributed by atoms with Crippen molar-refractivity contribution in [1.82, 2.24) is 0 Å². The molecule has 0 bridgehead atoms. The molecule has 0 heterocycles. The van der Waals surface area contributed by atoms with Gasteiger partial charge in [0.15, 0.2) is 0 Å². The summed E-state index contributed by atoms with van der Waals surface area (Å²) in [4.78, 5) is 11.0. The van der Waals surface area contributed by atoms with Crippen LogP contribution in [0.25, 0.3) is 0 Å². The molecule has 2 aromatic carbocycles. The summed E-state index contributed by atoms with van der Waals surface area (Å²) >= 11 is 6.11. The second-order valence-corrected chi connectivity index (χ2v) is 4.88. The fourth-order valence-corrected chi connectivity index (χ4v) is 2.22. The average Bonchev–Trinajstić information content (AvgIpc) is 2.43. The van der Waals surface area contributed by atoms with Gasteiger partial charge in [-0.3, -0.25) is 0 Å². The van der Waals surface area contributed by atoms with E-state index in [4.69, 9.17) is 21.4 Å². The van der Waals surface area contributed by atoms with Gasteiger partial charge in [-0.25, -0.2) is 4.79 Å². The van der Waals surface area contributed by atoms with Gasteiger partial charge in [-0.1, -0.05) is 35.9 Å². The third-order valence-corrected chi connectivity index (χ3v) is 3.36. The molecule has 2 rings (SSSR count). The Bertz CT molecular complexity index is 609. The number of carbonyl (C=O) groups is 1. The lowest BCUT2D eigenvalue weighted by molar-refractivity contribution is 0.0696. The molecule has 4 heteroatoms. The molecule has 0 unspecified atom stereocenters. The number of hydrogen-bond acceptors (Lipinski definition) is 2. The number of carboxylic acids is 1. The van der Waals surface area contributed by atoms with Gasteiger partial charge in [-0.2, -0.15) is 0 Å². The molecule has 20 heavy (non-hydrogen) atoms. The molecular weight excluding hydrogens is 276 g/mol. The predicted molar refractivity (Wildman–Crippen MR) is 78.8 cm³/mol. The summed E-state index contributed by atoms with van der Waals surface area (Å²) in [5.74, 6) is -0.154. The molecule has 0 atom stereocenters. The zero-order valence-electron chi connectivity index (χ0n) is 11.1. The Labute approximate surface area is 122 Å². The number of carboxylic acid groups (broad SMARTS) is 1. The van der Waals surface area contributed by atoms with Crippen molar-refractivity contribution in [2.45, 2.75) is 13.3 Å². The first-order valence-corrected chi connectivity index (χ1v) is 6.66. The fourth-order valence-electron chi connectivity index (χ4n) is 1.96. The van der Waals surface area contributed by atoms with Crippen LogP contribution in [0.3, 0.4) is 0 Å². The molecule has 0 fully saturated rings. The number of halogens is 1. The van der Waals surface area contributed by atoms with Gasteiger partial charge in [0.05, 0.1) is 12.2 Å². The molecule has 0 aliphatic heterocycles. The number of para-hydroxylation sites is 1. The number of hydrogen-bond donors (Lipinski definition) is 1. The highest BCUT2D eigenvalue weighted by Crippen LogP contribution is 2.22. The first kappa shape index (κ1) is 14.4. The number of aryl methyl sites for hydroxylation is 1. The molecule has 0 saturated carbocycles. The average molecular weight is 291 g/mol. The molecule has 0 spiro atoms. The van der Waals surface area contributed by atoms with Gasteiger partial charge in [0.1, 0.15) is 5.75 Å². The summed E-state index contributed by atoms with van der Waals surface area (Å²) in [7, 11) is 0. The fraction of sp³-hybridized carbons (Fsp3) is 0.188. The molecule has 1 N–H and O–H groups in total. The number of aromatic carboxylic acids is 1. The molecule has 0 saturated heterocycles. The van der Waals surface area contributed by atoms with E-state index in [2.05, 4.69) is 0 Å². The van der Waals surface area contributed by atoms with Gasteiger partial charge in [-0.15, -0.1) is 0 Å². The van der Waals surface area contributed by atoms with Crippen LogP contribution in [-0.2, 0) is 6.42 Å². The Balaban J connectivity index is 2.03. The van der Waals surface area contributed by atoms with Crippen LogP contribution < -0.4 is 4.74 Å². The van der Waals surface area contributed by atoms with Crippen LogP contribution in [0, 0.1) is 6.92 Å². The van der Waals surface area contributed by atoms with E-state index in [1.54, 1.807) is 13.0 Å². The molecule has 0 amide bonds. The van der Waals surface area contributed by atoms with Crippen molar-refractivity contribution in [2.24, 2.45) is 0 Å². The highest BCUT2D eigenvalue weighted by molar-refractivity contribution is 6.31. The maximum Gasteiger partial charge on any atom is 0.336 e. The van der Waals surface area contributed by atoms with E-state index in [0.29, 0.717) is 23.6 Å². The quantitative estimate of drug-likeness (QED) is 0.906. The second-order valence-electron chi connectivity index (χ2n) is 4.48. The number of rotatable bonds is 5. The topological polar surface area (TPSA) is 46.5 Å². The first-order valence-electron chi connectivity index (χ1n) is 6.28. The Morgan fingerprint density at radius 3 is 2.60 bits per heavy atom. The maximum absolute atomic E-state index is 11.0. The number of benzene rings is 2. The van der Waals surface area contributed by atoms with E-state index in [1.807, 2.05) is 30.3 Å². The largest absolute Gasteiger partial charge is 0.493 e. The standard InChI is InChI=1S/C16H15ClO3/c1-11-9-12(15(17)10-14(11)16(18)19)7-8-20-13-5-3-2-4-6-13/h2-6,9-10H,7-8H2,1H3,(H,18,19). The van der Waals surface area contributed by atoms with E-state index in [0.717, 1.165) is 11.3 Å². The lowest BCUT2D eigenvalue weighted by atomic mass is 10.0. The Kier molecular flexibility index (Phi) is 4.64. The molecular formula is C16H15ClO3. The van der Waals surface area contributed by atoms with E-state index >= 15 is 0 Å².